The number of para-hydroxylation sites is 2. The van der Waals surface area contributed by atoms with E-state index in [1.165, 1.54) is 0 Å². The first-order valence-electron chi connectivity index (χ1n) is 12.4. The van der Waals surface area contributed by atoms with Crippen molar-refractivity contribution < 1.29 is 19.1 Å². The summed E-state index contributed by atoms with van der Waals surface area (Å²) >= 11 is 3.38. The number of carbonyl (C=O) groups is 2. The summed E-state index contributed by atoms with van der Waals surface area (Å²) in [7, 11) is 3.27. The third-order valence-corrected chi connectivity index (χ3v) is 6.77. The molecular formula is C28H32BrN5O4. The van der Waals surface area contributed by atoms with E-state index in [0.29, 0.717) is 30.1 Å². The molecule has 0 radical (unpaired) electrons. The van der Waals surface area contributed by atoms with Crippen molar-refractivity contribution in [3.8, 4) is 5.75 Å². The van der Waals surface area contributed by atoms with Gasteiger partial charge in [-0.15, -0.1) is 0 Å². The molecule has 3 aromatic rings. The molecule has 38 heavy (non-hydrogen) atoms. The van der Waals surface area contributed by atoms with Gasteiger partial charge >= 0.3 is 6.03 Å². The highest BCUT2D eigenvalue weighted by Crippen LogP contribution is 2.31. The first-order chi connectivity index (χ1) is 18.5. The van der Waals surface area contributed by atoms with Gasteiger partial charge in [0.1, 0.15) is 5.75 Å². The smallest absolute Gasteiger partial charge is 0.323 e. The number of nitrogens with zero attached hydrogens (tertiary/aromatic N) is 2. The topological polar surface area (TPSA) is 95.2 Å². The van der Waals surface area contributed by atoms with Crippen LogP contribution in [0.15, 0.2) is 71.2 Å². The Balaban J connectivity index is 1.49. The number of anilines is 4. The molecule has 0 spiro atoms. The average molecular weight is 582 g/mol. The SMILES string of the molecule is COCCNC(=O)c1cc(NC(=O)Nc2ccc(Br)cc2)ccc1N1CCN(c2ccccc2OC)CC1. The number of urea groups is 1. The minimum atomic E-state index is -0.392. The lowest BCUT2D eigenvalue weighted by Gasteiger charge is -2.38. The molecule has 1 fully saturated rings. The van der Waals surface area contributed by atoms with Crippen molar-refractivity contribution in [2.24, 2.45) is 0 Å². The number of rotatable bonds is 9. The van der Waals surface area contributed by atoms with Crippen LogP contribution in [0.3, 0.4) is 0 Å². The lowest BCUT2D eigenvalue weighted by Crippen LogP contribution is -2.47. The molecule has 0 bridgehead atoms. The minimum Gasteiger partial charge on any atom is -0.495 e. The van der Waals surface area contributed by atoms with Crippen molar-refractivity contribution in [2.45, 2.75) is 0 Å². The number of amides is 3. The molecule has 1 aliphatic rings. The van der Waals surface area contributed by atoms with Crippen molar-refractivity contribution in [1.82, 2.24) is 5.32 Å². The van der Waals surface area contributed by atoms with E-state index in [9.17, 15) is 9.59 Å². The summed E-state index contributed by atoms with van der Waals surface area (Å²) in [5.74, 6) is 0.622. The lowest BCUT2D eigenvalue weighted by atomic mass is 10.1. The molecule has 1 heterocycles. The summed E-state index contributed by atoms with van der Waals surface area (Å²) in [4.78, 5) is 30.2. The van der Waals surface area contributed by atoms with E-state index in [2.05, 4.69) is 47.7 Å². The third kappa shape index (κ3) is 6.96. The summed E-state index contributed by atoms with van der Waals surface area (Å²) in [5, 5.41) is 8.54. The Hall–Kier alpha value is -3.76. The van der Waals surface area contributed by atoms with Crippen LogP contribution >= 0.6 is 15.9 Å². The van der Waals surface area contributed by atoms with Crippen molar-refractivity contribution in [1.29, 1.82) is 0 Å². The van der Waals surface area contributed by atoms with Crippen LogP contribution in [-0.4, -0.2) is 65.5 Å². The Kier molecular flexibility index (Phi) is 9.45. The Bertz CT molecular complexity index is 1250. The van der Waals surface area contributed by atoms with Gasteiger partial charge in [0.2, 0.25) is 0 Å². The van der Waals surface area contributed by atoms with E-state index in [1.807, 2.05) is 42.5 Å². The molecule has 3 aromatic carbocycles. The number of piperazine rings is 1. The van der Waals surface area contributed by atoms with Crippen LogP contribution in [0.2, 0.25) is 0 Å². The van der Waals surface area contributed by atoms with Crippen molar-refractivity contribution in [3.05, 3.63) is 76.8 Å². The van der Waals surface area contributed by atoms with Crippen molar-refractivity contribution in [3.63, 3.8) is 0 Å². The predicted octanol–water partition coefficient (Wildman–Crippen LogP) is 4.80. The van der Waals surface area contributed by atoms with Crippen molar-refractivity contribution >= 4 is 50.6 Å². The molecule has 0 aromatic heterocycles. The number of benzene rings is 3. The summed E-state index contributed by atoms with van der Waals surface area (Å²) < 4.78 is 11.5. The van der Waals surface area contributed by atoms with Gasteiger partial charge in [-0.2, -0.15) is 0 Å². The number of hydrogen-bond donors (Lipinski definition) is 3. The fourth-order valence-electron chi connectivity index (χ4n) is 4.34. The fourth-order valence-corrected chi connectivity index (χ4v) is 4.60. The first kappa shape index (κ1) is 27.3. The monoisotopic (exact) mass is 581 g/mol. The zero-order chi connectivity index (χ0) is 26.9. The van der Waals surface area contributed by atoms with Crippen LogP contribution in [0, 0.1) is 0 Å². The van der Waals surface area contributed by atoms with Gasteiger partial charge in [0.15, 0.2) is 0 Å². The largest absolute Gasteiger partial charge is 0.495 e. The summed E-state index contributed by atoms with van der Waals surface area (Å²) in [5.41, 5.74) is 3.55. The van der Waals surface area contributed by atoms with Gasteiger partial charge in [0.25, 0.3) is 5.91 Å². The molecule has 1 saturated heterocycles. The third-order valence-electron chi connectivity index (χ3n) is 6.24. The number of hydrogen-bond acceptors (Lipinski definition) is 6. The van der Waals surface area contributed by atoms with Gasteiger partial charge in [-0.25, -0.2) is 4.79 Å². The summed E-state index contributed by atoms with van der Waals surface area (Å²) in [6.07, 6.45) is 0. The number of methoxy groups -OCH3 is 2. The first-order valence-corrected chi connectivity index (χ1v) is 13.2. The van der Waals surface area contributed by atoms with Gasteiger partial charge in [-0.05, 0) is 54.6 Å². The van der Waals surface area contributed by atoms with E-state index in [-0.39, 0.29) is 5.91 Å². The maximum absolute atomic E-state index is 13.2. The van der Waals surface area contributed by atoms with Crippen molar-refractivity contribution in [2.75, 3.05) is 74.0 Å². The number of nitrogens with one attached hydrogen (secondary N) is 3. The average Bonchev–Trinajstić information content (AvgIpc) is 2.94. The second-order valence-electron chi connectivity index (χ2n) is 8.71. The van der Waals surface area contributed by atoms with E-state index >= 15 is 0 Å². The van der Waals surface area contributed by atoms with Gasteiger partial charge in [-0.1, -0.05) is 28.1 Å². The molecule has 3 amide bonds. The van der Waals surface area contributed by atoms with E-state index < -0.39 is 6.03 Å². The van der Waals surface area contributed by atoms with Crippen LogP contribution in [0.25, 0.3) is 0 Å². The number of halogens is 1. The highest BCUT2D eigenvalue weighted by Gasteiger charge is 2.24. The maximum Gasteiger partial charge on any atom is 0.323 e. The quantitative estimate of drug-likeness (QED) is 0.314. The van der Waals surface area contributed by atoms with Gasteiger partial charge in [-0.3, -0.25) is 4.79 Å². The second-order valence-corrected chi connectivity index (χ2v) is 9.63. The second kappa shape index (κ2) is 13.2. The van der Waals surface area contributed by atoms with E-state index in [0.717, 1.165) is 47.8 Å². The molecule has 1 aliphatic heterocycles. The molecule has 200 valence electrons. The van der Waals surface area contributed by atoms with Crippen LogP contribution < -0.4 is 30.5 Å². The molecule has 9 nitrogen and oxygen atoms in total. The van der Waals surface area contributed by atoms with Crippen LogP contribution in [-0.2, 0) is 4.74 Å². The molecule has 10 heteroatoms. The molecular weight excluding hydrogens is 550 g/mol. The predicted molar refractivity (Wildman–Crippen MR) is 155 cm³/mol. The highest BCUT2D eigenvalue weighted by atomic mass is 79.9. The molecule has 4 rings (SSSR count). The normalized spacial score (nSPS) is 13.1. The van der Waals surface area contributed by atoms with E-state index in [4.69, 9.17) is 9.47 Å². The van der Waals surface area contributed by atoms with Gasteiger partial charge in [0.05, 0.1) is 25.0 Å². The number of carbonyl (C=O) groups excluding carboxylic acids is 2. The lowest BCUT2D eigenvalue weighted by molar-refractivity contribution is 0.0937. The molecule has 0 atom stereocenters. The summed E-state index contributed by atoms with van der Waals surface area (Å²) in [6, 6.07) is 20.3. The zero-order valence-corrected chi connectivity index (χ0v) is 23.1. The van der Waals surface area contributed by atoms with Crippen LogP contribution in [0.1, 0.15) is 10.4 Å². The van der Waals surface area contributed by atoms with Gasteiger partial charge in [0, 0.05) is 61.4 Å². The Morgan fingerprint density at radius 2 is 1.47 bits per heavy atom. The molecule has 3 N–H and O–H groups in total. The zero-order valence-electron chi connectivity index (χ0n) is 21.5. The molecule has 0 aliphatic carbocycles. The van der Waals surface area contributed by atoms with Crippen LogP contribution in [0.4, 0.5) is 27.5 Å². The Morgan fingerprint density at radius 1 is 0.842 bits per heavy atom. The molecule has 0 unspecified atom stereocenters. The Labute approximate surface area is 231 Å². The standard InChI is InChI=1S/C28H32BrN5O4/c1-37-18-13-30-27(35)23-19-22(32-28(36)31-21-9-7-20(29)8-10-21)11-12-24(23)33-14-16-34(17-15-33)25-5-3-4-6-26(25)38-2/h3-12,19H,13-18H2,1-2H3,(H,30,35)(H2,31,32,36). The van der Waals surface area contributed by atoms with Gasteiger partial charge < -0.3 is 35.2 Å². The van der Waals surface area contributed by atoms with Crippen LogP contribution in [0.5, 0.6) is 5.75 Å². The minimum absolute atomic E-state index is 0.221. The van der Waals surface area contributed by atoms with E-state index in [1.54, 1.807) is 32.4 Å². The Morgan fingerprint density at radius 3 is 2.16 bits per heavy atom. The number of ether oxygens (including phenoxy) is 2. The summed E-state index contributed by atoms with van der Waals surface area (Å²) in [6.45, 7) is 3.81. The molecule has 0 saturated carbocycles. The fraction of sp³-hybridized carbons (Fsp3) is 0.286. The highest BCUT2D eigenvalue weighted by molar-refractivity contribution is 9.10. The maximum atomic E-state index is 13.2.